The first-order chi connectivity index (χ1) is 15.8. The van der Waals surface area contributed by atoms with E-state index in [1.165, 1.54) is 54.7 Å². The van der Waals surface area contributed by atoms with Crippen LogP contribution >= 0.6 is 7.92 Å². The minimum absolute atomic E-state index is 0. The Hall–Kier alpha value is -0.720. The molecule has 0 spiro atoms. The summed E-state index contributed by atoms with van der Waals surface area (Å²) in [5.41, 5.74) is 9.42. The van der Waals surface area contributed by atoms with E-state index in [9.17, 15) is 0 Å². The molecule has 0 saturated heterocycles. The van der Waals surface area contributed by atoms with Crippen LogP contribution in [-0.4, -0.2) is 12.3 Å². The maximum atomic E-state index is 2.65. The Labute approximate surface area is 231 Å². The molecule has 4 heteroatoms. The Morgan fingerprint density at radius 3 is 1.71 bits per heavy atom. The van der Waals surface area contributed by atoms with Gasteiger partial charge in [0.25, 0.3) is 0 Å². The van der Waals surface area contributed by atoms with E-state index in [0.717, 1.165) is 3.67 Å². The third-order valence-electron chi connectivity index (χ3n) is 7.00. The molecule has 2 aliphatic rings. The first-order valence-corrected chi connectivity index (χ1v) is 18.2. The molecule has 0 nitrogen and oxygen atoms in total. The average Bonchev–Trinajstić information content (AvgIpc) is 3.36. The molecular weight excluding hydrogens is 641 g/mol. The van der Waals surface area contributed by atoms with Crippen molar-refractivity contribution < 1.29 is 47.7 Å². The summed E-state index contributed by atoms with van der Waals surface area (Å²) in [5, 5.41) is 1.87. The summed E-state index contributed by atoms with van der Waals surface area (Å²) in [6.45, 7) is 4.71. The maximum Gasteiger partial charge on any atom is -1.00 e. The zero-order valence-corrected chi connectivity index (χ0v) is 26.1. The van der Waals surface area contributed by atoms with Gasteiger partial charge in [-0.05, 0) is 0 Å². The summed E-state index contributed by atoms with van der Waals surface area (Å²) >= 11 is -1.11. The summed E-state index contributed by atoms with van der Waals surface area (Å²) in [4.78, 5) is 0. The van der Waals surface area contributed by atoms with Gasteiger partial charge in [0.1, 0.15) is 0 Å². The van der Waals surface area contributed by atoms with Crippen LogP contribution in [0, 0.1) is 0 Å². The van der Waals surface area contributed by atoms with Crippen molar-refractivity contribution in [2.45, 2.75) is 46.9 Å². The van der Waals surface area contributed by atoms with Crippen molar-refractivity contribution in [1.82, 2.24) is 0 Å². The number of halogens is 2. The van der Waals surface area contributed by atoms with Crippen molar-refractivity contribution in [3.8, 4) is 11.1 Å². The number of hydrogen-bond donors (Lipinski definition) is 0. The minimum Gasteiger partial charge on any atom is -1.00 e. The molecule has 0 bridgehead atoms. The molecular formula is C30H33Cl2HfP. The van der Waals surface area contributed by atoms with Gasteiger partial charge in [0.15, 0.2) is 0 Å². The Bertz CT molecular complexity index is 1070. The predicted octanol–water partition coefficient (Wildman–Crippen LogP) is 3.02. The molecule has 1 unspecified atom stereocenters. The number of fused-ring (bicyclic) bond motifs is 4. The molecule has 0 aromatic heterocycles. The molecule has 0 aliphatic heterocycles. The molecule has 0 fully saturated rings. The Kier molecular flexibility index (Phi) is 10.7. The van der Waals surface area contributed by atoms with Gasteiger partial charge < -0.3 is 24.8 Å². The van der Waals surface area contributed by atoms with Crippen LogP contribution in [0.15, 0.2) is 78.1 Å². The zero-order valence-electron chi connectivity index (χ0n) is 20.1. The summed E-state index contributed by atoms with van der Waals surface area (Å²) in [6.07, 6.45) is 10.9. The fraction of sp³-hybridized carbons (Fsp3) is 0.333. The zero-order chi connectivity index (χ0) is 21.9. The van der Waals surface area contributed by atoms with Gasteiger partial charge in [-0.1, -0.05) is 0 Å². The van der Waals surface area contributed by atoms with Crippen LogP contribution in [0.5, 0.6) is 0 Å². The number of rotatable bonds is 9. The van der Waals surface area contributed by atoms with Crippen molar-refractivity contribution >= 4 is 14.0 Å². The molecule has 0 heterocycles. The van der Waals surface area contributed by atoms with Crippen molar-refractivity contribution in [3.63, 3.8) is 0 Å². The molecule has 3 aromatic carbocycles. The van der Waals surface area contributed by atoms with E-state index >= 15 is 0 Å². The third kappa shape index (κ3) is 5.49. The fourth-order valence-electron chi connectivity index (χ4n) is 5.33. The van der Waals surface area contributed by atoms with Crippen LogP contribution in [0.4, 0.5) is 0 Å². The van der Waals surface area contributed by atoms with E-state index in [-0.39, 0.29) is 32.7 Å². The standard InChI is InChI=1S/C17H24P.C13H9.2ClH.Hf/c1-3-5-11-18(12-6-4-2)17-13-15-9-7-8-10-16(15)14-17;1-3-7-12-10(5-1)9-11-6-2-4-8-13(11)12;;;/h7-10,13-14H,3-6,11-12H2,1-2H3;1-9H;2*1H;/q;;;;+2/p-2. The van der Waals surface area contributed by atoms with E-state index in [1.54, 1.807) is 16.7 Å². The Morgan fingerprint density at radius 2 is 1.15 bits per heavy atom. The van der Waals surface area contributed by atoms with Crippen LogP contribution in [0.3, 0.4) is 0 Å². The average molecular weight is 674 g/mol. The third-order valence-corrected chi connectivity index (χ3v) is 17.6. The van der Waals surface area contributed by atoms with Crippen molar-refractivity contribution in [2.24, 2.45) is 0 Å². The summed E-state index contributed by atoms with van der Waals surface area (Å²) in [5.74, 6) is 0. The van der Waals surface area contributed by atoms with Crippen LogP contribution in [0.1, 0.15) is 69.1 Å². The predicted molar refractivity (Wildman–Crippen MR) is 137 cm³/mol. The molecule has 0 amide bonds. The van der Waals surface area contributed by atoms with Gasteiger partial charge in [0.2, 0.25) is 0 Å². The van der Waals surface area contributed by atoms with E-state index in [2.05, 4.69) is 92.7 Å². The van der Waals surface area contributed by atoms with Gasteiger partial charge in [-0.3, -0.25) is 0 Å². The van der Waals surface area contributed by atoms with Gasteiger partial charge >= 0.3 is 208 Å². The second-order valence-electron chi connectivity index (χ2n) is 9.10. The second-order valence-corrected chi connectivity index (χ2v) is 16.9. The monoisotopic (exact) mass is 674 g/mol. The van der Waals surface area contributed by atoms with Gasteiger partial charge in [-0.25, -0.2) is 0 Å². The first kappa shape index (κ1) is 27.9. The van der Waals surface area contributed by atoms with Crippen molar-refractivity contribution in [3.05, 3.63) is 100 Å². The number of hydrogen-bond acceptors (Lipinski definition) is 0. The normalized spacial score (nSPS) is 15.5. The van der Waals surface area contributed by atoms with Gasteiger partial charge in [0.05, 0.1) is 0 Å². The van der Waals surface area contributed by atoms with Crippen LogP contribution < -0.4 is 24.8 Å². The molecule has 0 radical (unpaired) electrons. The smallest absolute Gasteiger partial charge is 1.00 e. The molecule has 0 saturated carbocycles. The summed E-state index contributed by atoms with van der Waals surface area (Å²) in [7, 11) is -0.00429. The molecule has 34 heavy (non-hydrogen) atoms. The topological polar surface area (TPSA) is 0 Å². The van der Waals surface area contributed by atoms with Gasteiger partial charge in [-0.15, -0.1) is 0 Å². The number of benzene rings is 3. The fourth-order valence-corrected chi connectivity index (χ4v) is 17.7. The van der Waals surface area contributed by atoms with E-state index in [4.69, 9.17) is 0 Å². The SMILES string of the molecule is CCCCP(CCCC)C1=Cc2ccccc2[CH]1[Hf+2][CH]1c2ccccc2-c2ccccc21.[Cl-].[Cl-]. The summed E-state index contributed by atoms with van der Waals surface area (Å²) in [6, 6.07) is 27.9. The molecule has 5 rings (SSSR count). The number of allylic oxidation sites excluding steroid dienone is 1. The molecule has 1 atom stereocenters. The second kappa shape index (κ2) is 13.0. The van der Waals surface area contributed by atoms with Gasteiger partial charge in [-0.2, -0.15) is 0 Å². The van der Waals surface area contributed by atoms with Crippen LogP contribution in [0.25, 0.3) is 17.2 Å². The molecule has 3 aromatic rings. The van der Waals surface area contributed by atoms with Crippen LogP contribution in [0.2, 0.25) is 0 Å². The van der Waals surface area contributed by atoms with Crippen molar-refractivity contribution in [1.29, 1.82) is 0 Å². The molecule has 2 aliphatic carbocycles. The van der Waals surface area contributed by atoms with E-state index < -0.39 is 22.9 Å². The van der Waals surface area contributed by atoms with Gasteiger partial charge in [0, 0.05) is 0 Å². The van der Waals surface area contributed by atoms with E-state index in [1.807, 2.05) is 5.31 Å². The van der Waals surface area contributed by atoms with Crippen LogP contribution in [-0.2, 0) is 22.9 Å². The molecule has 176 valence electrons. The molecule has 0 N–H and O–H groups in total. The Morgan fingerprint density at radius 1 is 0.647 bits per heavy atom. The van der Waals surface area contributed by atoms with E-state index in [0.29, 0.717) is 3.67 Å². The summed E-state index contributed by atoms with van der Waals surface area (Å²) < 4.78 is 1.45. The van der Waals surface area contributed by atoms with Crippen molar-refractivity contribution in [2.75, 3.05) is 12.3 Å². The maximum absolute atomic E-state index is 2.65. The first-order valence-electron chi connectivity index (χ1n) is 12.3. The quantitative estimate of drug-likeness (QED) is 0.242. The minimum atomic E-state index is -1.11. The number of unbranched alkanes of at least 4 members (excludes halogenated alkanes) is 2. The Balaban J connectivity index is 0.00000162. The largest absolute Gasteiger partial charge is 1.00 e.